The van der Waals surface area contributed by atoms with Gasteiger partial charge in [0, 0.05) is 39.3 Å². The summed E-state index contributed by atoms with van der Waals surface area (Å²) < 4.78 is 0. The van der Waals surface area contributed by atoms with Gasteiger partial charge in [-0.15, -0.1) is 0 Å². The summed E-state index contributed by atoms with van der Waals surface area (Å²) in [6.45, 7) is 1.21. The minimum atomic E-state index is -0.131. The van der Waals surface area contributed by atoms with Crippen molar-refractivity contribution < 1.29 is 9.59 Å². The summed E-state index contributed by atoms with van der Waals surface area (Å²) in [5, 5.41) is 2.81. The Kier molecular flexibility index (Phi) is 4.55. The van der Waals surface area contributed by atoms with Gasteiger partial charge >= 0.3 is 6.03 Å². The Hall–Kier alpha value is -2.11. The Labute approximate surface area is 118 Å². The predicted octanol–water partition coefficient (Wildman–Crippen LogP) is 1.41. The molecule has 6 nitrogen and oxygen atoms in total. The molecule has 2 heterocycles. The van der Waals surface area contributed by atoms with Gasteiger partial charge in [-0.3, -0.25) is 9.78 Å². The molecule has 1 fully saturated rings. The Bertz CT molecular complexity index is 467. The molecule has 2 rings (SSSR count). The van der Waals surface area contributed by atoms with Crippen LogP contribution in [-0.4, -0.2) is 53.9 Å². The predicted molar refractivity (Wildman–Crippen MR) is 76.2 cm³/mol. The number of rotatable bonds is 2. The van der Waals surface area contributed by atoms with Gasteiger partial charge in [0.15, 0.2) is 0 Å². The average molecular weight is 276 g/mol. The van der Waals surface area contributed by atoms with Gasteiger partial charge in [0.05, 0.1) is 11.9 Å². The third kappa shape index (κ3) is 3.46. The van der Waals surface area contributed by atoms with Crippen LogP contribution in [0.5, 0.6) is 0 Å². The number of likely N-dealkylation sites (tertiary alicyclic amines) is 1. The summed E-state index contributed by atoms with van der Waals surface area (Å²) in [6.07, 6.45) is 4.71. The first-order valence-electron chi connectivity index (χ1n) is 6.75. The van der Waals surface area contributed by atoms with Gasteiger partial charge in [0.2, 0.25) is 5.91 Å². The van der Waals surface area contributed by atoms with E-state index in [-0.39, 0.29) is 17.9 Å². The van der Waals surface area contributed by atoms with E-state index in [1.807, 2.05) is 0 Å². The first-order chi connectivity index (χ1) is 9.58. The monoisotopic (exact) mass is 276 g/mol. The fourth-order valence-corrected chi connectivity index (χ4v) is 2.33. The Morgan fingerprint density at radius 2 is 2.05 bits per heavy atom. The topological polar surface area (TPSA) is 65.5 Å². The van der Waals surface area contributed by atoms with Crippen molar-refractivity contribution in [1.82, 2.24) is 14.8 Å². The van der Waals surface area contributed by atoms with Crippen LogP contribution in [0, 0.1) is 5.92 Å². The van der Waals surface area contributed by atoms with Gasteiger partial charge < -0.3 is 15.1 Å². The van der Waals surface area contributed by atoms with E-state index in [0.29, 0.717) is 18.8 Å². The summed E-state index contributed by atoms with van der Waals surface area (Å²) in [4.78, 5) is 31.3. The van der Waals surface area contributed by atoms with Crippen LogP contribution in [0.4, 0.5) is 10.5 Å². The van der Waals surface area contributed by atoms with Crippen molar-refractivity contribution in [3.05, 3.63) is 24.5 Å². The van der Waals surface area contributed by atoms with E-state index < -0.39 is 0 Å². The summed E-state index contributed by atoms with van der Waals surface area (Å²) in [5.74, 6) is 0.185. The zero-order chi connectivity index (χ0) is 14.5. The number of hydrogen-bond donors (Lipinski definition) is 1. The van der Waals surface area contributed by atoms with E-state index in [2.05, 4.69) is 10.3 Å². The number of carbonyl (C=O) groups is 2. The van der Waals surface area contributed by atoms with Crippen LogP contribution in [0.3, 0.4) is 0 Å². The highest BCUT2D eigenvalue weighted by Crippen LogP contribution is 2.19. The highest BCUT2D eigenvalue weighted by molar-refractivity contribution is 5.89. The number of pyridine rings is 1. The Balaban J connectivity index is 1.84. The molecule has 0 atom stereocenters. The third-order valence-corrected chi connectivity index (χ3v) is 3.48. The summed E-state index contributed by atoms with van der Waals surface area (Å²) >= 11 is 0. The van der Waals surface area contributed by atoms with E-state index in [0.717, 1.165) is 12.8 Å². The largest absolute Gasteiger partial charge is 0.349 e. The van der Waals surface area contributed by atoms with Gasteiger partial charge in [-0.1, -0.05) is 0 Å². The fourth-order valence-electron chi connectivity index (χ4n) is 2.33. The number of aromatic nitrogens is 1. The lowest BCUT2D eigenvalue weighted by Gasteiger charge is -2.32. The summed E-state index contributed by atoms with van der Waals surface area (Å²) in [5.41, 5.74) is 0.684. The molecule has 0 aromatic carbocycles. The lowest BCUT2D eigenvalue weighted by molar-refractivity contribution is -0.134. The maximum Gasteiger partial charge on any atom is 0.321 e. The molecule has 3 amide bonds. The molecule has 1 saturated heterocycles. The minimum Gasteiger partial charge on any atom is -0.349 e. The normalized spacial score (nSPS) is 15.8. The molecule has 1 aromatic rings. The number of nitrogens with one attached hydrogen (secondary N) is 1. The minimum absolute atomic E-state index is 0.0347. The van der Waals surface area contributed by atoms with E-state index in [1.54, 1.807) is 48.4 Å². The SMILES string of the molecule is CN(C)C(=O)C1CCN(C(=O)Nc2cccnc2)CC1. The van der Waals surface area contributed by atoms with Crippen LogP contribution in [0.1, 0.15) is 12.8 Å². The number of amides is 3. The molecule has 0 saturated carbocycles. The molecule has 1 aromatic heterocycles. The molecule has 0 radical (unpaired) electrons. The highest BCUT2D eigenvalue weighted by Gasteiger charge is 2.28. The van der Waals surface area contributed by atoms with Crippen molar-refractivity contribution in [1.29, 1.82) is 0 Å². The molecule has 1 N–H and O–H groups in total. The average Bonchev–Trinajstić information content (AvgIpc) is 2.47. The summed E-state index contributed by atoms with van der Waals surface area (Å²) in [6, 6.07) is 3.44. The van der Waals surface area contributed by atoms with Crippen LogP contribution in [0.15, 0.2) is 24.5 Å². The van der Waals surface area contributed by atoms with E-state index in [4.69, 9.17) is 0 Å². The summed E-state index contributed by atoms with van der Waals surface area (Å²) in [7, 11) is 3.54. The van der Waals surface area contributed by atoms with E-state index >= 15 is 0 Å². The number of anilines is 1. The van der Waals surface area contributed by atoms with Crippen molar-refractivity contribution in [2.24, 2.45) is 5.92 Å². The lowest BCUT2D eigenvalue weighted by Crippen LogP contribution is -2.44. The second-order valence-corrected chi connectivity index (χ2v) is 5.17. The van der Waals surface area contributed by atoms with Gasteiger partial charge in [0.1, 0.15) is 0 Å². The third-order valence-electron chi connectivity index (χ3n) is 3.48. The Morgan fingerprint density at radius 1 is 1.35 bits per heavy atom. The number of carbonyl (C=O) groups excluding carboxylic acids is 2. The van der Waals surface area contributed by atoms with Gasteiger partial charge in [-0.25, -0.2) is 4.79 Å². The maximum absolute atomic E-state index is 12.1. The molecule has 1 aliphatic rings. The molecule has 0 aliphatic carbocycles. The number of urea groups is 1. The van der Waals surface area contributed by atoms with E-state index in [9.17, 15) is 9.59 Å². The molecule has 0 spiro atoms. The maximum atomic E-state index is 12.1. The molecule has 0 bridgehead atoms. The molecule has 20 heavy (non-hydrogen) atoms. The van der Waals surface area contributed by atoms with Crippen molar-refractivity contribution in [3.8, 4) is 0 Å². The second-order valence-electron chi connectivity index (χ2n) is 5.17. The molecule has 1 aliphatic heterocycles. The molecular formula is C14H20N4O2. The first-order valence-corrected chi connectivity index (χ1v) is 6.75. The first kappa shape index (κ1) is 14.3. The van der Waals surface area contributed by atoms with Crippen molar-refractivity contribution in [2.45, 2.75) is 12.8 Å². The number of hydrogen-bond acceptors (Lipinski definition) is 3. The molecule has 0 unspecified atom stereocenters. The van der Waals surface area contributed by atoms with Crippen molar-refractivity contribution in [2.75, 3.05) is 32.5 Å². The van der Waals surface area contributed by atoms with E-state index in [1.165, 1.54) is 0 Å². The smallest absolute Gasteiger partial charge is 0.321 e. The van der Waals surface area contributed by atoms with Crippen LogP contribution in [-0.2, 0) is 4.79 Å². The molecular weight excluding hydrogens is 256 g/mol. The molecule has 108 valence electrons. The van der Waals surface area contributed by atoms with Gasteiger partial charge in [-0.2, -0.15) is 0 Å². The Morgan fingerprint density at radius 3 is 2.60 bits per heavy atom. The molecule has 6 heteroatoms. The van der Waals surface area contributed by atoms with Crippen LogP contribution in [0.25, 0.3) is 0 Å². The number of nitrogens with zero attached hydrogens (tertiary/aromatic N) is 3. The fraction of sp³-hybridized carbons (Fsp3) is 0.500. The van der Waals surface area contributed by atoms with Gasteiger partial charge in [0.25, 0.3) is 0 Å². The zero-order valence-corrected chi connectivity index (χ0v) is 11.9. The van der Waals surface area contributed by atoms with Crippen LogP contribution >= 0.6 is 0 Å². The zero-order valence-electron chi connectivity index (χ0n) is 11.9. The van der Waals surface area contributed by atoms with Crippen molar-refractivity contribution in [3.63, 3.8) is 0 Å². The second kappa shape index (κ2) is 6.36. The van der Waals surface area contributed by atoms with Crippen LogP contribution in [0.2, 0.25) is 0 Å². The number of piperidine rings is 1. The lowest BCUT2D eigenvalue weighted by atomic mass is 9.96. The highest BCUT2D eigenvalue weighted by atomic mass is 16.2. The van der Waals surface area contributed by atoms with Gasteiger partial charge in [-0.05, 0) is 25.0 Å². The van der Waals surface area contributed by atoms with Crippen molar-refractivity contribution >= 4 is 17.6 Å². The quantitative estimate of drug-likeness (QED) is 0.888. The standard InChI is InChI=1S/C14H20N4O2/c1-17(2)13(19)11-5-8-18(9-6-11)14(20)16-12-4-3-7-15-10-12/h3-4,7,10-11H,5-6,8-9H2,1-2H3,(H,16,20). The van der Waals surface area contributed by atoms with Crippen LogP contribution < -0.4 is 5.32 Å².